The number of allylic oxidation sites excluding steroid dienone is 1. The van der Waals surface area contributed by atoms with E-state index in [0.717, 1.165) is 24.3 Å². The average Bonchev–Trinajstić information content (AvgIpc) is 2.75. The van der Waals surface area contributed by atoms with Crippen molar-refractivity contribution in [2.75, 3.05) is 13.7 Å². The molecule has 0 aliphatic carbocycles. The maximum Gasteiger partial charge on any atom is 0.120 e. The van der Waals surface area contributed by atoms with Gasteiger partial charge in [-0.2, -0.15) is 0 Å². The van der Waals surface area contributed by atoms with Gasteiger partial charge in [-0.3, -0.25) is 0 Å². The smallest absolute Gasteiger partial charge is 0.120 e. The predicted octanol–water partition coefficient (Wildman–Crippen LogP) is 6.98. The van der Waals surface area contributed by atoms with Gasteiger partial charge < -0.3 is 9.47 Å². The van der Waals surface area contributed by atoms with Crippen molar-refractivity contribution in [2.24, 2.45) is 0 Å². The van der Waals surface area contributed by atoms with Crippen LogP contribution in [-0.4, -0.2) is 13.7 Å². The Morgan fingerprint density at radius 2 is 1.61 bits per heavy atom. The van der Waals surface area contributed by atoms with E-state index in [0.29, 0.717) is 6.61 Å². The van der Waals surface area contributed by atoms with Crippen LogP contribution in [0.2, 0.25) is 0 Å². The first kappa shape index (κ1) is 20.0. The van der Waals surface area contributed by atoms with Gasteiger partial charge in [0.1, 0.15) is 18.1 Å². The summed E-state index contributed by atoms with van der Waals surface area (Å²) in [4.78, 5) is 0. The van der Waals surface area contributed by atoms with Crippen molar-refractivity contribution in [3.8, 4) is 11.5 Å². The summed E-state index contributed by atoms with van der Waals surface area (Å²) in [6.07, 6.45) is 8.06. The molecule has 0 aliphatic heterocycles. The SMILES string of the molecule is CCCCCC(=CCc1ccc(OC)cc1)COc1ccc2ccccc2c1. The van der Waals surface area contributed by atoms with Crippen LogP contribution in [0.1, 0.15) is 38.2 Å². The Bertz CT molecular complexity index is 894. The van der Waals surface area contributed by atoms with E-state index in [1.807, 2.05) is 12.1 Å². The fourth-order valence-electron chi connectivity index (χ4n) is 3.29. The van der Waals surface area contributed by atoms with Crippen molar-refractivity contribution in [1.29, 1.82) is 0 Å². The van der Waals surface area contributed by atoms with Crippen molar-refractivity contribution in [2.45, 2.75) is 39.0 Å². The largest absolute Gasteiger partial charge is 0.497 e. The van der Waals surface area contributed by atoms with Crippen molar-refractivity contribution in [3.05, 3.63) is 83.9 Å². The molecule has 0 atom stereocenters. The lowest BCUT2D eigenvalue weighted by Crippen LogP contribution is -2.02. The lowest BCUT2D eigenvalue weighted by Gasteiger charge is -2.11. The van der Waals surface area contributed by atoms with Crippen LogP contribution < -0.4 is 9.47 Å². The molecule has 2 heteroatoms. The van der Waals surface area contributed by atoms with Crippen molar-refractivity contribution < 1.29 is 9.47 Å². The second kappa shape index (κ2) is 10.6. The van der Waals surface area contributed by atoms with E-state index < -0.39 is 0 Å². The molecule has 2 nitrogen and oxygen atoms in total. The van der Waals surface area contributed by atoms with Crippen LogP contribution in [0.3, 0.4) is 0 Å². The van der Waals surface area contributed by atoms with Gasteiger partial charge in [0.05, 0.1) is 7.11 Å². The summed E-state index contributed by atoms with van der Waals surface area (Å²) in [5.74, 6) is 1.83. The molecule has 0 saturated carbocycles. The van der Waals surface area contributed by atoms with E-state index in [2.05, 4.69) is 67.6 Å². The van der Waals surface area contributed by atoms with E-state index in [4.69, 9.17) is 9.47 Å². The first-order chi connectivity index (χ1) is 13.8. The minimum absolute atomic E-state index is 0.651. The van der Waals surface area contributed by atoms with E-state index in [1.165, 1.54) is 41.2 Å². The lowest BCUT2D eigenvalue weighted by atomic mass is 10.0. The number of unbranched alkanes of at least 4 members (excludes halogenated alkanes) is 2. The van der Waals surface area contributed by atoms with Gasteiger partial charge in [-0.25, -0.2) is 0 Å². The molecular formula is C26H30O2. The Labute approximate surface area is 168 Å². The maximum absolute atomic E-state index is 6.14. The van der Waals surface area contributed by atoms with Crippen molar-refractivity contribution in [3.63, 3.8) is 0 Å². The second-order valence-electron chi connectivity index (χ2n) is 7.17. The zero-order chi connectivity index (χ0) is 19.6. The molecule has 0 amide bonds. The summed E-state index contributed by atoms with van der Waals surface area (Å²) < 4.78 is 11.4. The number of hydrogen-bond acceptors (Lipinski definition) is 2. The summed E-state index contributed by atoms with van der Waals surface area (Å²) in [6, 6.07) is 23.0. The number of fused-ring (bicyclic) bond motifs is 1. The zero-order valence-electron chi connectivity index (χ0n) is 17.0. The highest BCUT2D eigenvalue weighted by atomic mass is 16.5. The lowest BCUT2D eigenvalue weighted by molar-refractivity contribution is 0.346. The molecule has 3 aromatic carbocycles. The summed E-state index contributed by atoms with van der Waals surface area (Å²) in [5, 5.41) is 2.46. The van der Waals surface area contributed by atoms with Gasteiger partial charge in [-0.05, 0) is 65.4 Å². The average molecular weight is 375 g/mol. The van der Waals surface area contributed by atoms with Crippen LogP contribution >= 0.6 is 0 Å². The molecule has 3 aromatic rings. The Hall–Kier alpha value is -2.74. The first-order valence-electron chi connectivity index (χ1n) is 10.2. The molecule has 0 aliphatic rings. The van der Waals surface area contributed by atoms with Gasteiger partial charge in [0, 0.05) is 0 Å². The van der Waals surface area contributed by atoms with Gasteiger partial charge in [0.15, 0.2) is 0 Å². The van der Waals surface area contributed by atoms with Crippen LogP contribution in [0, 0.1) is 0 Å². The molecule has 28 heavy (non-hydrogen) atoms. The fraction of sp³-hybridized carbons (Fsp3) is 0.308. The first-order valence-corrected chi connectivity index (χ1v) is 10.2. The molecular weight excluding hydrogens is 344 g/mol. The predicted molar refractivity (Wildman–Crippen MR) is 118 cm³/mol. The number of benzene rings is 3. The summed E-state index contributed by atoms with van der Waals surface area (Å²) >= 11 is 0. The summed E-state index contributed by atoms with van der Waals surface area (Å²) in [6.45, 7) is 2.89. The standard InChI is InChI=1S/C26H30O2/c1-3-4-5-8-22(12-11-21-13-16-25(27-2)17-14-21)20-28-26-18-15-23-9-6-7-10-24(23)19-26/h6-7,9-10,12-19H,3-5,8,11,20H2,1-2H3. The normalized spacial score (nSPS) is 11.6. The van der Waals surface area contributed by atoms with Crippen LogP contribution in [0.5, 0.6) is 11.5 Å². The fourth-order valence-corrected chi connectivity index (χ4v) is 3.29. The van der Waals surface area contributed by atoms with Crippen molar-refractivity contribution >= 4 is 10.8 Å². The summed E-state index contributed by atoms with van der Waals surface area (Å²) in [7, 11) is 1.70. The Morgan fingerprint density at radius 1 is 0.857 bits per heavy atom. The topological polar surface area (TPSA) is 18.5 Å². The third-order valence-corrected chi connectivity index (χ3v) is 5.03. The Balaban J connectivity index is 1.65. The van der Waals surface area contributed by atoms with Gasteiger partial charge in [0.25, 0.3) is 0 Å². The highest BCUT2D eigenvalue weighted by Gasteiger charge is 2.03. The third kappa shape index (κ3) is 5.88. The molecule has 0 saturated heterocycles. The van der Waals surface area contributed by atoms with E-state index in [1.54, 1.807) is 7.11 Å². The molecule has 0 radical (unpaired) electrons. The zero-order valence-corrected chi connectivity index (χ0v) is 17.0. The van der Waals surface area contributed by atoms with E-state index in [-0.39, 0.29) is 0 Å². The van der Waals surface area contributed by atoms with Crippen LogP contribution in [0.25, 0.3) is 10.8 Å². The molecule has 0 fully saturated rings. The summed E-state index contributed by atoms with van der Waals surface area (Å²) in [5.41, 5.74) is 2.66. The second-order valence-corrected chi connectivity index (χ2v) is 7.17. The molecule has 3 rings (SSSR count). The molecule has 146 valence electrons. The van der Waals surface area contributed by atoms with Crippen LogP contribution in [-0.2, 0) is 6.42 Å². The van der Waals surface area contributed by atoms with Gasteiger partial charge in [-0.1, -0.05) is 68.3 Å². The Kier molecular flexibility index (Phi) is 7.54. The number of methoxy groups -OCH3 is 1. The minimum atomic E-state index is 0.651. The van der Waals surface area contributed by atoms with E-state index >= 15 is 0 Å². The van der Waals surface area contributed by atoms with Crippen molar-refractivity contribution in [1.82, 2.24) is 0 Å². The monoisotopic (exact) mass is 374 g/mol. The number of ether oxygens (including phenoxy) is 2. The van der Waals surface area contributed by atoms with Crippen LogP contribution in [0.4, 0.5) is 0 Å². The van der Waals surface area contributed by atoms with Crippen LogP contribution in [0.15, 0.2) is 78.4 Å². The van der Waals surface area contributed by atoms with E-state index in [9.17, 15) is 0 Å². The molecule has 0 heterocycles. The maximum atomic E-state index is 6.14. The molecule has 0 N–H and O–H groups in total. The highest BCUT2D eigenvalue weighted by Crippen LogP contribution is 2.22. The number of hydrogen-bond donors (Lipinski definition) is 0. The molecule has 0 spiro atoms. The molecule has 0 bridgehead atoms. The third-order valence-electron chi connectivity index (χ3n) is 5.03. The molecule has 0 aromatic heterocycles. The molecule has 0 unspecified atom stereocenters. The Morgan fingerprint density at radius 3 is 2.36 bits per heavy atom. The highest BCUT2D eigenvalue weighted by molar-refractivity contribution is 5.83. The quantitative estimate of drug-likeness (QED) is 0.282. The number of rotatable bonds is 10. The minimum Gasteiger partial charge on any atom is -0.497 e. The van der Waals surface area contributed by atoms with Gasteiger partial charge >= 0.3 is 0 Å². The van der Waals surface area contributed by atoms with Gasteiger partial charge in [0.2, 0.25) is 0 Å². The van der Waals surface area contributed by atoms with Gasteiger partial charge in [-0.15, -0.1) is 0 Å².